The fourth-order valence-electron chi connectivity index (χ4n) is 3.16. The van der Waals surface area contributed by atoms with Crippen LogP contribution in [0.4, 0.5) is 4.79 Å². The lowest BCUT2D eigenvalue weighted by Crippen LogP contribution is -2.55. The minimum absolute atomic E-state index is 0.0261. The lowest BCUT2D eigenvalue weighted by molar-refractivity contribution is -0.148. The Morgan fingerprint density at radius 3 is 2.11 bits per heavy atom. The van der Waals surface area contributed by atoms with Crippen LogP contribution in [0.2, 0.25) is 0 Å². The normalized spacial score (nSPS) is 13.7. The van der Waals surface area contributed by atoms with E-state index in [2.05, 4.69) is 15.4 Å². The summed E-state index contributed by atoms with van der Waals surface area (Å²) in [5, 5.41) is 14.9. The molecular formula is C26H34N2O7. The molecule has 0 fully saturated rings. The Hall–Kier alpha value is -3.59. The second-order valence-electron chi connectivity index (χ2n) is 9.07. The maximum atomic E-state index is 13.0. The van der Waals surface area contributed by atoms with Crippen LogP contribution in [0.3, 0.4) is 0 Å². The number of ether oxygens (including phenoxy) is 3. The molecule has 35 heavy (non-hydrogen) atoms. The average Bonchev–Trinajstić information content (AvgIpc) is 2.81. The van der Waals surface area contributed by atoms with E-state index in [1.54, 1.807) is 24.3 Å². The van der Waals surface area contributed by atoms with Gasteiger partial charge in [0.05, 0.1) is 13.2 Å². The molecule has 0 radical (unpaired) electrons. The molecule has 0 saturated carbocycles. The van der Waals surface area contributed by atoms with E-state index in [1.807, 2.05) is 51.1 Å². The number of aliphatic hydroxyl groups excluding tert-OH is 1. The summed E-state index contributed by atoms with van der Waals surface area (Å²) in [5.74, 6) is -0.812. The van der Waals surface area contributed by atoms with Gasteiger partial charge < -0.3 is 30.0 Å². The molecule has 3 N–H and O–H groups in total. The number of benzene rings is 2. The van der Waals surface area contributed by atoms with Gasteiger partial charge in [-0.2, -0.15) is 0 Å². The van der Waals surface area contributed by atoms with Gasteiger partial charge in [0, 0.05) is 6.42 Å². The van der Waals surface area contributed by atoms with Crippen LogP contribution in [0.25, 0.3) is 0 Å². The predicted molar refractivity (Wildman–Crippen MR) is 130 cm³/mol. The van der Waals surface area contributed by atoms with Gasteiger partial charge in [-0.25, -0.2) is 9.59 Å². The number of carbonyl (C=O) groups excluding carboxylic acids is 3. The second-order valence-corrected chi connectivity index (χ2v) is 9.07. The van der Waals surface area contributed by atoms with E-state index >= 15 is 0 Å². The summed E-state index contributed by atoms with van der Waals surface area (Å²) in [6, 6.07) is 13.8. The Kier molecular flexibility index (Phi) is 10.1. The van der Waals surface area contributed by atoms with Crippen LogP contribution in [-0.2, 0) is 32.1 Å². The quantitative estimate of drug-likeness (QED) is 0.441. The van der Waals surface area contributed by atoms with Crippen molar-refractivity contribution in [3.8, 4) is 5.75 Å². The van der Waals surface area contributed by atoms with Gasteiger partial charge in [-0.1, -0.05) is 42.5 Å². The highest BCUT2D eigenvalue weighted by molar-refractivity contribution is 5.90. The molecule has 0 bridgehead atoms. The van der Waals surface area contributed by atoms with E-state index in [4.69, 9.17) is 9.47 Å². The number of aliphatic hydroxyl groups is 1. The first-order chi connectivity index (χ1) is 16.5. The van der Waals surface area contributed by atoms with Crippen molar-refractivity contribution < 1.29 is 33.7 Å². The van der Waals surface area contributed by atoms with Gasteiger partial charge in [0.15, 0.2) is 6.04 Å². The summed E-state index contributed by atoms with van der Waals surface area (Å²) in [4.78, 5) is 37.5. The molecule has 0 saturated heterocycles. The molecule has 2 aromatic rings. The maximum Gasteiger partial charge on any atom is 0.408 e. The van der Waals surface area contributed by atoms with Crippen molar-refractivity contribution in [3.05, 3.63) is 65.7 Å². The van der Waals surface area contributed by atoms with Crippen molar-refractivity contribution in [3.63, 3.8) is 0 Å². The van der Waals surface area contributed by atoms with Gasteiger partial charge >= 0.3 is 12.1 Å². The monoisotopic (exact) mass is 486 g/mol. The number of alkyl carbamates (subject to hydrolysis) is 1. The SMILES string of the molecule is COC(=O)C(NC(=O)C(Cc1ccc(OC(C)(C)C)cc1)NC(=O)OCc1ccccc1)C(C)O. The van der Waals surface area contributed by atoms with Crippen LogP contribution < -0.4 is 15.4 Å². The number of hydrogen-bond donors (Lipinski definition) is 3. The number of amides is 2. The van der Waals surface area contributed by atoms with E-state index in [1.165, 1.54) is 6.92 Å². The van der Waals surface area contributed by atoms with Gasteiger partial charge in [-0.3, -0.25) is 4.79 Å². The number of nitrogens with one attached hydrogen (secondary N) is 2. The van der Waals surface area contributed by atoms with E-state index in [0.29, 0.717) is 5.75 Å². The predicted octanol–water partition coefficient (Wildman–Crippen LogP) is 2.74. The fourth-order valence-corrected chi connectivity index (χ4v) is 3.16. The highest BCUT2D eigenvalue weighted by atomic mass is 16.5. The van der Waals surface area contributed by atoms with Crippen LogP contribution in [0.1, 0.15) is 38.8 Å². The second kappa shape index (κ2) is 12.8. The van der Waals surface area contributed by atoms with Gasteiger partial charge in [0.25, 0.3) is 0 Å². The van der Waals surface area contributed by atoms with Crippen molar-refractivity contribution in [1.82, 2.24) is 10.6 Å². The van der Waals surface area contributed by atoms with Crippen LogP contribution >= 0.6 is 0 Å². The number of esters is 1. The Balaban J connectivity index is 2.14. The van der Waals surface area contributed by atoms with Crippen molar-refractivity contribution >= 4 is 18.0 Å². The van der Waals surface area contributed by atoms with Gasteiger partial charge in [0.2, 0.25) is 5.91 Å². The van der Waals surface area contributed by atoms with E-state index in [9.17, 15) is 19.5 Å². The molecule has 2 rings (SSSR count). The first-order valence-electron chi connectivity index (χ1n) is 11.3. The summed E-state index contributed by atoms with van der Waals surface area (Å²) in [5.41, 5.74) is 1.16. The van der Waals surface area contributed by atoms with Crippen LogP contribution in [0.15, 0.2) is 54.6 Å². The molecule has 0 aliphatic carbocycles. The Morgan fingerprint density at radius 1 is 0.943 bits per heavy atom. The highest BCUT2D eigenvalue weighted by Gasteiger charge is 2.31. The molecular weight excluding hydrogens is 452 g/mol. The largest absolute Gasteiger partial charge is 0.488 e. The molecule has 9 heteroatoms. The van der Waals surface area contributed by atoms with E-state index in [-0.39, 0.29) is 18.6 Å². The van der Waals surface area contributed by atoms with E-state index in [0.717, 1.165) is 18.2 Å². The zero-order chi connectivity index (χ0) is 26.0. The minimum Gasteiger partial charge on any atom is -0.488 e. The van der Waals surface area contributed by atoms with Gasteiger partial charge in [-0.15, -0.1) is 0 Å². The lowest BCUT2D eigenvalue weighted by Gasteiger charge is -2.24. The number of hydrogen-bond acceptors (Lipinski definition) is 7. The Labute approximate surface area is 205 Å². The van der Waals surface area contributed by atoms with Gasteiger partial charge in [0.1, 0.15) is 24.0 Å². The summed E-state index contributed by atoms with van der Waals surface area (Å²) < 4.78 is 15.7. The minimum atomic E-state index is -1.29. The molecule has 9 nitrogen and oxygen atoms in total. The summed E-state index contributed by atoms with van der Waals surface area (Å²) >= 11 is 0. The van der Waals surface area contributed by atoms with Crippen LogP contribution in [0.5, 0.6) is 5.75 Å². The molecule has 0 spiro atoms. The molecule has 2 aromatic carbocycles. The topological polar surface area (TPSA) is 123 Å². The molecule has 0 aliphatic heterocycles. The third-order valence-electron chi connectivity index (χ3n) is 4.84. The average molecular weight is 487 g/mol. The summed E-state index contributed by atoms with van der Waals surface area (Å²) in [6.07, 6.45) is -1.89. The smallest absolute Gasteiger partial charge is 0.408 e. The zero-order valence-corrected chi connectivity index (χ0v) is 20.7. The van der Waals surface area contributed by atoms with Crippen LogP contribution in [0, 0.1) is 0 Å². The molecule has 3 atom stereocenters. The summed E-state index contributed by atoms with van der Waals surface area (Å²) in [6.45, 7) is 7.19. The summed E-state index contributed by atoms with van der Waals surface area (Å²) in [7, 11) is 1.15. The molecule has 3 unspecified atom stereocenters. The molecule has 2 amide bonds. The molecule has 0 aliphatic rings. The first kappa shape index (κ1) is 27.7. The third-order valence-corrected chi connectivity index (χ3v) is 4.84. The lowest BCUT2D eigenvalue weighted by atomic mass is 10.0. The maximum absolute atomic E-state index is 13.0. The number of carbonyl (C=O) groups is 3. The van der Waals surface area contributed by atoms with Crippen molar-refractivity contribution in [2.75, 3.05) is 7.11 Å². The van der Waals surface area contributed by atoms with Crippen molar-refractivity contribution in [1.29, 1.82) is 0 Å². The zero-order valence-electron chi connectivity index (χ0n) is 20.7. The first-order valence-corrected chi connectivity index (χ1v) is 11.3. The molecule has 0 aromatic heterocycles. The standard InChI is InChI=1S/C26H34N2O7/c1-17(29)22(24(31)33-5)28-23(30)21(27-25(32)34-16-19-9-7-6-8-10-19)15-18-11-13-20(14-12-18)35-26(2,3)4/h6-14,17,21-22,29H,15-16H2,1-5H3,(H,27,32)(H,28,30). The molecule has 190 valence electrons. The van der Waals surface area contributed by atoms with Gasteiger partial charge in [-0.05, 0) is 51.0 Å². The van der Waals surface area contributed by atoms with Crippen molar-refractivity contribution in [2.24, 2.45) is 0 Å². The fraction of sp³-hybridized carbons (Fsp3) is 0.423. The third kappa shape index (κ3) is 9.66. The Morgan fingerprint density at radius 2 is 1.57 bits per heavy atom. The highest BCUT2D eigenvalue weighted by Crippen LogP contribution is 2.19. The number of rotatable bonds is 10. The van der Waals surface area contributed by atoms with E-state index < -0.39 is 36.2 Å². The van der Waals surface area contributed by atoms with Crippen molar-refractivity contribution in [2.45, 2.75) is 64.5 Å². The van der Waals surface area contributed by atoms with Crippen LogP contribution in [-0.4, -0.2) is 54.0 Å². The molecule has 0 heterocycles. The Bertz CT molecular complexity index is 969. The number of methoxy groups -OCH3 is 1.